The molecule has 1 saturated carbocycles. The number of nitrogens with zero attached hydrogens (tertiary/aromatic N) is 2. The van der Waals surface area contributed by atoms with Gasteiger partial charge in [0.2, 0.25) is 0 Å². The molecule has 0 aliphatic heterocycles. The standard InChI is InChI=1S/C11H23N3O/c1-10(2)8(7-11(10,3)15-6)13-9(12)14(4)5/h8H,7H2,1-6H3,(H2,12,13). The average Bonchev–Trinajstić information content (AvgIpc) is 2.16. The fourth-order valence-corrected chi connectivity index (χ4v) is 1.94. The molecule has 4 heteroatoms. The molecule has 0 heterocycles. The van der Waals surface area contributed by atoms with Gasteiger partial charge < -0.3 is 15.4 Å². The van der Waals surface area contributed by atoms with Crippen LogP contribution in [0.15, 0.2) is 4.99 Å². The fraction of sp³-hybridized carbons (Fsp3) is 0.909. The topological polar surface area (TPSA) is 50.9 Å². The lowest BCUT2D eigenvalue weighted by Gasteiger charge is -2.57. The van der Waals surface area contributed by atoms with Gasteiger partial charge >= 0.3 is 0 Å². The minimum absolute atomic E-state index is 0.0440. The van der Waals surface area contributed by atoms with Crippen LogP contribution in [-0.4, -0.2) is 43.7 Å². The van der Waals surface area contributed by atoms with E-state index in [0.717, 1.165) is 6.42 Å². The second-order valence-corrected chi connectivity index (χ2v) is 5.26. The van der Waals surface area contributed by atoms with Crippen molar-refractivity contribution in [1.29, 1.82) is 0 Å². The van der Waals surface area contributed by atoms with E-state index < -0.39 is 0 Å². The molecule has 2 unspecified atom stereocenters. The molecule has 1 rings (SSSR count). The molecule has 0 amide bonds. The number of rotatable bonds is 2. The minimum Gasteiger partial charge on any atom is -0.378 e. The van der Waals surface area contributed by atoms with Crippen molar-refractivity contribution in [2.45, 2.75) is 38.8 Å². The summed E-state index contributed by atoms with van der Waals surface area (Å²) in [4.78, 5) is 6.35. The van der Waals surface area contributed by atoms with Crippen molar-refractivity contribution in [2.24, 2.45) is 16.1 Å². The van der Waals surface area contributed by atoms with Gasteiger partial charge in [-0.05, 0) is 13.3 Å². The summed E-state index contributed by atoms with van der Waals surface area (Å²) in [6.45, 7) is 6.49. The zero-order valence-corrected chi connectivity index (χ0v) is 10.7. The van der Waals surface area contributed by atoms with Crippen LogP contribution in [0.3, 0.4) is 0 Å². The first-order valence-corrected chi connectivity index (χ1v) is 5.30. The Morgan fingerprint density at radius 2 is 1.93 bits per heavy atom. The second kappa shape index (κ2) is 3.67. The van der Waals surface area contributed by atoms with Crippen LogP contribution in [0.1, 0.15) is 27.2 Å². The molecule has 1 aliphatic rings. The smallest absolute Gasteiger partial charge is 0.191 e. The van der Waals surface area contributed by atoms with Crippen molar-refractivity contribution >= 4 is 5.96 Å². The van der Waals surface area contributed by atoms with Gasteiger partial charge in [0.15, 0.2) is 5.96 Å². The normalized spacial score (nSPS) is 34.8. The predicted molar refractivity (Wildman–Crippen MR) is 62.9 cm³/mol. The lowest BCUT2D eigenvalue weighted by molar-refractivity contribution is -0.171. The summed E-state index contributed by atoms with van der Waals surface area (Å²) >= 11 is 0. The Kier molecular flexibility index (Phi) is 3.01. The maximum Gasteiger partial charge on any atom is 0.191 e. The first kappa shape index (κ1) is 12.3. The van der Waals surface area contributed by atoms with E-state index in [9.17, 15) is 0 Å². The van der Waals surface area contributed by atoms with Gasteiger partial charge in [0, 0.05) is 26.6 Å². The van der Waals surface area contributed by atoms with Gasteiger partial charge in [0.25, 0.3) is 0 Å². The molecule has 0 saturated heterocycles. The first-order chi connectivity index (χ1) is 6.74. The number of hydrogen-bond acceptors (Lipinski definition) is 2. The van der Waals surface area contributed by atoms with E-state index in [1.165, 1.54) is 0 Å². The van der Waals surface area contributed by atoms with E-state index in [-0.39, 0.29) is 17.1 Å². The number of hydrogen-bond donors (Lipinski definition) is 1. The SMILES string of the molecule is COC1(C)CC(N=C(N)N(C)C)C1(C)C. The van der Waals surface area contributed by atoms with E-state index in [1.54, 1.807) is 7.11 Å². The summed E-state index contributed by atoms with van der Waals surface area (Å²) < 4.78 is 5.54. The molecule has 88 valence electrons. The Labute approximate surface area is 92.5 Å². The van der Waals surface area contributed by atoms with Crippen molar-refractivity contribution in [3.8, 4) is 0 Å². The highest BCUT2D eigenvalue weighted by Gasteiger charge is 2.58. The van der Waals surface area contributed by atoms with E-state index in [2.05, 4.69) is 25.8 Å². The molecule has 2 N–H and O–H groups in total. The number of aliphatic imine (C=N–C) groups is 1. The monoisotopic (exact) mass is 213 g/mol. The summed E-state index contributed by atoms with van der Waals surface area (Å²) in [5.41, 5.74) is 5.78. The zero-order chi connectivity index (χ0) is 11.9. The third-order valence-electron chi connectivity index (χ3n) is 3.98. The quantitative estimate of drug-likeness (QED) is 0.551. The molecule has 0 radical (unpaired) electrons. The lowest BCUT2D eigenvalue weighted by atomic mass is 9.56. The maximum atomic E-state index is 5.81. The van der Waals surface area contributed by atoms with Gasteiger partial charge in [-0.15, -0.1) is 0 Å². The van der Waals surface area contributed by atoms with Gasteiger partial charge in [0.05, 0.1) is 11.6 Å². The van der Waals surface area contributed by atoms with Crippen LogP contribution < -0.4 is 5.73 Å². The molecule has 0 aromatic rings. The van der Waals surface area contributed by atoms with Crippen molar-refractivity contribution in [2.75, 3.05) is 21.2 Å². The molecule has 1 fully saturated rings. The van der Waals surface area contributed by atoms with E-state index >= 15 is 0 Å². The van der Waals surface area contributed by atoms with Gasteiger partial charge in [0.1, 0.15) is 0 Å². The van der Waals surface area contributed by atoms with Crippen LogP contribution in [0.4, 0.5) is 0 Å². The summed E-state index contributed by atoms with van der Waals surface area (Å²) in [6.07, 6.45) is 0.936. The number of nitrogens with two attached hydrogens (primary N) is 1. The summed E-state index contributed by atoms with van der Waals surface area (Å²) in [7, 11) is 5.57. The molecule has 2 atom stereocenters. The molecule has 4 nitrogen and oxygen atoms in total. The van der Waals surface area contributed by atoms with Gasteiger partial charge in [-0.3, -0.25) is 0 Å². The third kappa shape index (κ3) is 1.83. The van der Waals surface area contributed by atoms with E-state index in [4.69, 9.17) is 10.5 Å². The number of methoxy groups -OCH3 is 1. The Morgan fingerprint density at radius 1 is 1.40 bits per heavy atom. The van der Waals surface area contributed by atoms with Crippen LogP contribution in [0.5, 0.6) is 0 Å². The second-order valence-electron chi connectivity index (χ2n) is 5.26. The molecule has 15 heavy (non-hydrogen) atoms. The van der Waals surface area contributed by atoms with Crippen LogP contribution >= 0.6 is 0 Å². The molecular weight excluding hydrogens is 190 g/mol. The Balaban J connectivity index is 2.76. The van der Waals surface area contributed by atoms with Crippen LogP contribution in [0.2, 0.25) is 0 Å². The van der Waals surface area contributed by atoms with Crippen LogP contribution in [0, 0.1) is 5.41 Å². The molecule has 1 aliphatic carbocycles. The highest BCUT2D eigenvalue weighted by atomic mass is 16.5. The summed E-state index contributed by atoms with van der Waals surface area (Å²) in [5.74, 6) is 0.589. The minimum atomic E-state index is -0.0756. The van der Waals surface area contributed by atoms with Crippen molar-refractivity contribution in [3.05, 3.63) is 0 Å². The molecule has 0 spiro atoms. The lowest BCUT2D eigenvalue weighted by Crippen LogP contribution is -2.63. The third-order valence-corrected chi connectivity index (χ3v) is 3.98. The molecular formula is C11H23N3O. The summed E-state index contributed by atoms with van der Waals surface area (Å²) in [5, 5.41) is 0. The highest BCUT2D eigenvalue weighted by molar-refractivity contribution is 5.77. The Morgan fingerprint density at radius 3 is 2.27 bits per heavy atom. The van der Waals surface area contributed by atoms with Crippen molar-refractivity contribution in [3.63, 3.8) is 0 Å². The zero-order valence-electron chi connectivity index (χ0n) is 10.7. The van der Waals surface area contributed by atoms with Crippen LogP contribution in [0.25, 0.3) is 0 Å². The Bertz CT molecular complexity index is 273. The van der Waals surface area contributed by atoms with Gasteiger partial charge in [-0.2, -0.15) is 0 Å². The summed E-state index contributed by atoms with van der Waals surface area (Å²) in [6, 6.07) is 0.254. The molecule has 0 aromatic carbocycles. The highest BCUT2D eigenvalue weighted by Crippen LogP contribution is 2.53. The van der Waals surface area contributed by atoms with Crippen LogP contribution in [-0.2, 0) is 4.74 Å². The first-order valence-electron chi connectivity index (χ1n) is 5.30. The van der Waals surface area contributed by atoms with E-state index in [1.807, 2.05) is 19.0 Å². The average molecular weight is 213 g/mol. The van der Waals surface area contributed by atoms with Gasteiger partial charge in [-0.25, -0.2) is 4.99 Å². The van der Waals surface area contributed by atoms with Gasteiger partial charge in [-0.1, -0.05) is 13.8 Å². The molecule has 0 aromatic heterocycles. The number of ether oxygens (including phenoxy) is 1. The van der Waals surface area contributed by atoms with E-state index in [0.29, 0.717) is 5.96 Å². The Hall–Kier alpha value is -0.770. The van der Waals surface area contributed by atoms with Crippen molar-refractivity contribution in [1.82, 2.24) is 4.90 Å². The maximum absolute atomic E-state index is 5.81. The molecule has 0 bridgehead atoms. The largest absolute Gasteiger partial charge is 0.378 e. The predicted octanol–water partition coefficient (Wildman–Crippen LogP) is 1.07. The fourth-order valence-electron chi connectivity index (χ4n) is 1.94. The van der Waals surface area contributed by atoms with Crippen molar-refractivity contribution < 1.29 is 4.74 Å². The number of guanidine groups is 1.